The first-order valence-electron chi connectivity index (χ1n) is 4.60. The lowest BCUT2D eigenvalue weighted by Crippen LogP contribution is -1.87. The molecule has 0 amide bonds. The Labute approximate surface area is 108 Å². The van der Waals surface area contributed by atoms with E-state index in [1.807, 2.05) is 18.2 Å². The molecular formula is C11H8Cl2N2S. The molecule has 1 heterocycles. The molecule has 0 saturated carbocycles. The highest BCUT2D eigenvalue weighted by atomic mass is 35.5. The van der Waals surface area contributed by atoms with Crippen LogP contribution in [0.5, 0.6) is 0 Å². The number of nitrogens with zero attached hydrogens (tertiary/aromatic N) is 2. The van der Waals surface area contributed by atoms with Gasteiger partial charge in [-0.15, -0.1) is 11.8 Å². The van der Waals surface area contributed by atoms with Crippen LogP contribution in [0.15, 0.2) is 41.6 Å². The Bertz CT molecular complexity index is 456. The topological polar surface area (TPSA) is 25.8 Å². The molecule has 1 aromatic carbocycles. The first-order chi connectivity index (χ1) is 7.77. The predicted molar refractivity (Wildman–Crippen MR) is 68.1 cm³/mol. The van der Waals surface area contributed by atoms with Gasteiger partial charge in [0.2, 0.25) is 0 Å². The average Bonchev–Trinajstić information content (AvgIpc) is 2.30. The third kappa shape index (κ3) is 2.88. The molecule has 16 heavy (non-hydrogen) atoms. The van der Waals surface area contributed by atoms with Gasteiger partial charge in [0.05, 0.1) is 4.90 Å². The van der Waals surface area contributed by atoms with Crippen LogP contribution in [0.25, 0.3) is 0 Å². The molecule has 5 heteroatoms. The zero-order chi connectivity index (χ0) is 11.4. The molecular weight excluding hydrogens is 263 g/mol. The van der Waals surface area contributed by atoms with Crippen molar-refractivity contribution in [3.63, 3.8) is 0 Å². The molecule has 0 bridgehead atoms. The second-order valence-corrected chi connectivity index (χ2v) is 4.76. The van der Waals surface area contributed by atoms with Crippen LogP contribution in [0.4, 0.5) is 0 Å². The Balaban J connectivity index is 2.11. The SMILES string of the molecule is Clc1ncnc(Cl)c1SCc1ccccc1. The Morgan fingerprint density at radius 3 is 2.25 bits per heavy atom. The van der Waals surface area contributed by atoms with E-state index in [0.29, 0.717) is 10.3 Å². The van der Waals surface area contributed by atoms with Crippen LogP contribution in [0, 0.1) is 0 Å². The van der Waals surface area contributed by atoms with E-state index in [4.69, 9.17) is 23.2 Å². The van der Waals surface area contributed by atoms with E-state index in [1.54, 1.807) is 0 Å². The van der Waals surface area contributed by atoms with E-state index in [9.17, 15) is 0 Å². The monoisotopic (exact) mass is 270 g/mol. The largest absolute Gasteiger partial charge is 0.223 e. The van der Waals surface area contributed by atoms with Gasteiger partial charge in [-0.25, -0.2) is 9.97 Å². The highest BCUT2D eigenvalue weighted by Crippen LogP contribution is 2.32. The zero-order valence-corrected chi connectivity index (χ0v) is 10.6. The number of aromatic nitrogens is 2. The summed E-state index contributed by atoms with van der Waals surface area (Å²) in [6, 6.07) is 10.1. The van der Waals surface area contributed by atoms with Crippen LogP contribution < -0.4 is 0 Å². The van der Waals surface area contributed by atoms with Gasteiger partial charge in [0.25, 0.3) is 0 Å². The van der Waals surface area contributed by atoms with Crippen molar-refractivity contribution in [3.05, 3.63) is 52.5 Å². The van der Waals surface area contributed by atoms with Gasteiger partial charge >= 0.3 is 0 Å². The first-order valence-corrected chi connectivity index (χ1v) is 6.34. The fraction of sp³-hybridized carbons (Fsp3) is 0.0909. The van der Waals surface area contributed by atoms with Gasteiger partial charge in [-0.2, -0.15) is 0 Å². The molecule has 0 unspecified atom stereocenters. The van der Waals surface area contributed by atoms with Crippen molar-refractivity contribution in [3.8, 4) is 0 Å². The molecule has 0 spiro atoms. The Kier molecular flexibility index (Phi) is 4.04. The number of halogens is 2. The lowest BCUT2D eigenvalue weighted by atomic mass is 10.2. The number of hydrogen-bond donors (Lipinski definition) is 0. The van der Waals surface area contributed by atoms with E-state index in [2.05, 4.69) is 22.1 Å². The fourth-order valence-electron chi connectivity index (χ4n) is 1.18. The summed E-state index contributed by atoms with van der Waals surface area (Å²) < 4.78 is 0. The number of thioether (sulfide) groups is 1. The highest BCUT2D eigenvalue weighted by Gasteiger charge is 2.08. The minimum Gasteiger partial charge on any atom is -0.223 e. The second kappa shape index (κ2) is 5.53. The van der Waals surface area contributed by atoms with Crippen LogP contribution in [0.1, 0.15) is 5.56 Å². The van der Waals surface area contributed by atoms with Crippen molar-refractivity contribution in [1.82, 2.24) is 9.97 Å². The minimum absolute atomic E-state index is 0.404. The highest BCUT2D eigenvalue weighted by molar-refractivity contribution is 7.98. The van der Waals surface area contributed by atoms with Gasteiger partial charge in [-0.1, -0.05) is 53.5 Å². The summed E-state index contributed by atoms with van der Waals surface area (Å²) in [6.45, 7) is 0. The smallest absolute Gasteiger partial charge is 0.147 e. The fourth-order valence-corrected chi connectivity index (χ4v) is 2.67. The molecule has 82 valence electrons. The second-order valence-electron chi connectivity index (χ2n) is 3.06. The molecule has 0 aliphatic heterocycles. The molecule has 0 atom stereocenters. The van der Waals surface area contributed by atoms with Crippen LogP contribution in [-0.2, 0) is 5.75 Å². The van der Waals surface area contributed by atoms with Crippen LogP contribution >= 0.6 is 35.0 Å². The quantitative estimate of drug-likeness (QED) is 0.621. The van der Waals surface area contributed by atoms with Crippen molar-refractivity contribution in [2.75, 3.05) is 0 Å². The molecule has 0 aliphatic rings. The molecule has 2 aromatic rings. The van der Waals surface area contributed by atoms with Gasteiger partial charge in [0, 0.05) is 5.75 Å². The number of benzene rings is 1. The molecule has 2 rings (SSSR count). The van der Waals surface area contributed by atoms with Gasteiger partial charge in [-0.05, 0) is 5.56 Å². The van der Waals surface area contributed by atoms with Crippen molar-refractivity contribution >= 4 is 35.0 Å². The van der Waals surface area contributed by atoms with E-state index in [0.717, 1.165) is 10.6 Å². The number of hydrogen-bond acceptors (Lipinski definition) is 3. The lowest BCUT2D eigenvalue weighted by molar-refractivity contribution is 1.10. The summed E-state index contributed by atoms with van der Waals surface area (Å²) in [6.07, 6.45) is 1.36. The number of rotatable bonds is 3. The zero-order valence-electron chi connectivity index (χ0n) is 8.23. The van der Waals surface area contributed by atoms with Crippen molar-refractivity contribution in [2.24, 2.45) is 0 Å². The Morgan fingerprint density at radius 1 is 1.00 bits per heavy atom. The Morgan fingerprint density at radius 2 is 1.62 bits per heavy atom. The normalized spacial score (nSPS) is 10.4. The maximum Gasteiger partial charge on any atom is 0.147 e. The van der Waals surface area contributed by atoms with Crippen molar-refractivity contribution in [2.45, 2.75) is 10.6 Å². The molecule has 0 N–H and O–H groups in total. The van der Waals surface area contributed by atoms with Crippen LogP contribution in [0.3, 0.4) is 0 Å². The van der Waals surface area contributed by atoms with Crippen LogP contribution in [-0.4, -0.2) is 9.97 Å². The first kappa shape index (κ1) is 11.7. The molecule has 0 saturated heterocycles. The van der Waals surface area contributed by atoms with Gasteiger partial charge in [-0.3, -0.25) is 0 Å². The third-order valence-electron chi connectivity index (χ3n) is 1.94. The molecule has 0 aliphatic carbocycles. The van der Waals surface area contributed by atoms with Gasteiger partial charge in [0.1, 0.15) is 16.6 Å². The average molecular weight is 271 g/mol. The summed E-state index contributed by atoms with van der Waals surface area (Å²) in [7, 11) is 0. The molecule has 0 fully saturated rings. The molecule has 1 aromatic heterocycles. The summed E-state index contributed by atoms with van der Waals surface area (Å²) >= 11 is 13.4. The maximum absolute atomic E-state index is 5.94. The summed E-state index contributed by atoms with van der Waals surface area (Å²) in [5.41, 5.74) is 1.21. The summed E-state index contributed by atoms with van der Waals surface area (Å²) in [4.78, 5) is 8.53. The van der Waals surface area contributed by atoms with Crippen molar-refractivity contribution in [1.29, 1.82) is 0 Å². The predicted octanol–water partition coefficient (Wildman–Crippen LogP) is 4.08. The molecule has 0 radical (unpaired) electrons. The van der Waals surface area contributed by atoms with E-state index < -0.39 is 0 Å². The Hall–Kier alpha value is -0.770. The lowest BCUT2D eigenvalue weighted by Gasteiger charge is -2.04. The van der Waals surface area contributed by atoms with Crippen molar-refractivity contribution < 1.29 is 0 Å². The summed E-state index contributed by atoms with van der Waals surface area (Å²) in [5, 5.41) is 0.807. The van der Waals surface area contributed by atoms with E-state index >= 15 is 0 Å². The summed E-state index contributed by atoms with van der Waals surface area (Å²) in [5.74, 6) is 0.799. The minimum atomic E-state index is 0.404. The van der Waals surface area contributed by atoms with Gasteiger partial charge in [0.15, 0.2) is 0 Å². The van der Waals surface area contributed by atoms with E-state index in [-0.39, 0.29) is 0 Å². The third-order valence-corrected chi connectivity index (χ3v) is 3.89. The maximum atomic E-state index is 5.94. The standard InChI is InChI=1S/C11H8Cl2N2S/c12-10-9(11(13)15-7-14-10)16-6-8-4-2-1-3-5-8/h1-5,7H,6H2. The van der Waals surface area contributed by atoms with Gasteiger partial charge < -0.3 is 0 Å². The molecule has 2 nitrogen and oxygen atoms in total. The van der Waals surface area contributed by atoms with Crippen LogP contribution in [0.2, 0.25) is 10.3 Å². The van der Waals surface area contributed by atoms with E-state index in [1.165, 1.54) is 23.7 Å².